The van der Waals surface area contributed by atoms with Gasteiger partial charge in [-0.25, -0.2) is 0 Å². The number of nitrogens with zero attached hydrogens (tertiary/aromatic N) is 2. The van der Waals surface area contributed by atoms with Crippen LogP contribution in [0.2, 0.25) is 5.02 Å². The molecule has 2 nitrogen and oxygen atoms in total. The lowest BCUT2D eigenvalue weighted by Gasteiger charge is -2.44. The summed E-state index contributed by atoms with van der Waals surface area (Å²) in [5, 5.41) is 0.183. The lowest BCUT2D eigenvalue weighted by molar-refractivity contribution is -0.137. The summed E-state index contributed by atoms with van der Waals surface area (Å²) in [6.07, 6.45) is -1.99. The molecule has 0 radical (unpaired) electrons. The quantitative estimate of drug-likeness (QED) is 0.771. The van der Waals surface area contributed by atoms with Gasteiger partial charge in [0.1, 0.15) is 0 Å². The van der Waals surface area contributed by atoms with Gasteiger partial charge in [0.05, 0.1) is 16.3 Å². The molecule has 2 saturated heterocycles. The highest BCUT2D eigenvalue weighted by atomic mass is 35.5. The predicted octanol–water partition coefficient (Wildman–Crippen LogP) is 4.03. The Morgan fingerprint density at radius 1 is 1.24 bits per heavy atom. The molecule has 2 aliphatic rings. The van der Waals surface area contributed by atoms with Crippen molar-refractivity contribution in [1.82, 2.24) is 4.90 Å². The maximum atomic E-state index is 12.7. The number of hydrogen-bond donors (Lipinski definition) is 0. The number of piperazine rings is 1. The summed E-state index contributed by atoms with van der Waals surface area (Å²) < 4.78 is 38.1. The van der Waals surface area contributed by atoms with E-state index >= 15 is 0 Å². The van der Waals surface area contributed by atoms with Gasteiger partial charge in [-0.3, -0.25) is 4.90 Å². The zero-order valence-corrected chi connectivity index (χ0v) is 12.6. The maximum absolute atomic E-state index is 12.7. The molecule has 21 heavy (non-hydrogen) atoms. The fraction of sp³-hybridized carbons (Fsp3) is 0.600. The van der Waals surface area contributed by atoms with Crippen molar-refractivity contribution in [2.24, 2.45) is 0 Å². The van der Waals surface area contributed by atoms with Crippen LogP contribution in [-0.2, 0) is 6.18 Å². The smallest absolute Gasteiger partial charge is 0.365 e. The second-order valence-corrected chi connectivity index (χ2v) is 6.36. The molecule has 2 fully saturated rings. The summed E-state index contributed by atoms with van der Waals surface area (Å²) in [6, 6.07) is 4.42. The summed E-state index contributed by atoms with van der Waals surface area (Å²) in [5.74, 6) is 0. The molecule has 2 aliphatic heterocycles. The molecule has 116 valence electrons. The van der Waals surface area contributed by atoms with Crippen LogP contribution in [0.4, 0.5) is 18.9 Å². The Bertz CT molecular complexity index is 532. The number of halogens is 4. The Balaban J connectivity index is 1.86. The first-order valence-corrected chi connectivity index (χ1v) is 7.61. The fourth-order valence-electron chi connectivity index (χ4n) is 3.44. The van der Waals surface area contributed by atoms with Crippen LogP contribution in [0.1, 0.15) is 25.3 Å². The van der Waals surface area contributed by atoms with E-state index in [0.717, 1.165) is 38.2 Å². The van der Waals surface area contributed by atoms with Gasteiger partial charge in [-0.2, -0.15) is 13.2 Å². The minimum atomic E-state index is -4.35. The number of alkyl halides is 3. The normalized spacial score (nSPS) is 27.0. The van der Waals surface area contributed by atoms with Gasteiger partial charge < -0.3 is 4.90 Å². The SMILES string of the molecule is CC1CN2CCCC2CN1c1ccc(C(F)(F)F)cc1Cl. The van der Waals surface area contributed by atoms with Crippen LogP contribution in [0, 0.1) is 0 Å². The summed E-state index contributed by atoms with van der Waals surface area (Å²) in [4.78, 5) is 4.62. The molecule has 1 aromatic carbocycles. The molecule has 0 spiro atoms. The van der Waals surface area contributed by atoms with Crippen LogP contribution in [0.25, 0.3) is 0 Å². The van der Waals surface area contributed by atoms with Crippen LogP contribution in [-0.4, -0.2) is 36.6 Å². The Kier molecular flexibility index (Phi) is 3.82. The van der Waals surface area contributed by atoms with Gasteiger partial charge in [0.15, 0.2) is 0 Å². The van der Waals surface area contributed by atoms with Crippen molar-refractivity contribution in [1.29, 1.82) is 0 Å². The molecule has 3 rings (SSSR count). The van der Waals surface area contributed by atoms with E-state index in [1.54, 1.807) is 0 Å². The minimum absolute atomic E-state index is 0.183. The second kappa shape index (κ2) is 5.36. The van der Waals surface area contributed by atoms with Crippen LogP contribution in [0.15, 0.2) is 18.2 Å². The van der Waals surface area contributed by atoms with E-state index in [9.17, 15) is 13.2 Å². The topological polar surface area (TPSA) is 6.48 Å². The predicted molar refractivity (Wildman–Crippen MR) is 77.9 cm³/mol. The lowest BCUT2D eigenvalue weighted by Crippen LogP contribution is -2.55. The van der Waals surface area contributed by atoms with E-state index in [1.807, 2.05) is 0 Å². The van der Waals surface area contributed by atoms with E-state index in [-0.39, 0.29) is 11.1 Å². The molecule has 0 saturated carbocycles. The largest absolute Gasteiger partial charge is 0.416 e. The lowest BCUT2D eigenvalue weighted by atomic mass is 10.1. The molecule has 0 aliphatic carbocycles. The highest BCUT2D eigenvalue weighted by Crippen LogP contribution is 2.37. The number of hydrogen-bond acceptors (Lipinski definition) is 2. The fourth-order valence-corrected chi connectivity index (χ4v) is 3.73. The number of fused-ring (bicyclic) bond motifs is 1. The van der Waals surface area contributed by atoms with Crippen molar-refractivity contribution in [3.05, 3.63) is 28.8 Å². The molecule has 0 aromatic heterocycles. The van der Waals surface area contributed by atoms with Gasteiger partial charge in [-0.05, 0) is 44.5 Å². The number of benzene rings is 1. The van der Waals surface area contributed by atoms with Crippen molar-refractivity contribution in [3.63, 3.8) is 0 Å². The van der Waals surface area contributed by atoms with E-state index < -0.39 is 11.7 Å². The monoisotopic (exact) mass is 318 g/mol. The Labute approximate surface area is 127 Å². The number of anilines is 1. The third kappa shape index (κ3) is 2.86. The molecular formula is C15H18ClF3N2. The van der Waals surface area contributed by atoms with Gasteiger partial charge in [0.2, 0.25) is 0 Å². The van der Waals surface area contributed by atoms with Crippen LogP contribution in [0.5, 0.6) is 0 Å². The first kappa shape index (κ1) is 15.0. The van der Waals surface area contributed by atoms with Gasteiger partial charge >= 0.3 is 6.18 Å². The summed E-state index contributed by atoms with van der Waals surface area (Å²) in [5.41, 5.74) is 0.0205. The Hall–Kier alpha value is -0.940. The summed E-state index contributed by atoms with van der Waals surface area (Å²) >= 11 is 6.12. The molecule has 0 amide bonds. The van der Waals surface area contributed by atoms with Gasteiger partial charge in [-0.1, -0.05) is 11.6 Å². The zero-order chi connectivity index (χ0) is 15.2. The Morgan fingerprint density at radius 3 is 2.67 bits per heavy atom. The molecule has 0 bridgehead atoms. The minimum Gasteiger partial charge on any atom is -0.365 e. The van der Waals surface area contributed by atoms with E-state index in [2.05, 4.69) is 16.7 Å². The van der Waals surface area contributed by atoms with Crippen LogP contribution < -0.4 is 4.90 Å². The maximum Gasteiger partial charge on any atom is 0.416 e. The van der Waals surface area contributed by atoms with Crippen molar-refractivity contribution in [2.45, 2.75) is 38.0 Å². The van der Waals surface area contributed by atoms with Crippen molar-refractivity contribution < 1.29 is 13.2 Å². The first-order valence-electron chi connectivity index (χ1n) is 7.23. The average Bonchev–Trinajstić information content (AvgIpc) is 2.84. The van der Waals surface area contributed by atoms with Crippen molar-refractivity contribution >= 4 is 17.3 Å². The van der Waals surface area contributed by atoms with Crippen molar-refractivity contribution in [2.75, 3.05) is 24.5 Å². The van der Waals surface area contributed by atoms with Gasteiger partial charge in [0.25, 0.3) is 0 Å². The van der Waals surface area contributed by atoms with Gasteiger partial charge in [0, 0.05) is 25.2 Å². The zero-order valence-electron chi connectivity index (χ0n) is 11.8. The molecule has 1 aromatic rings. The molecule has 2 atom stereocenters. The molecule has 6 heteroatoms. The average molecular weight is 319 g/mol. The van der Waals surface area contributed by atoms with E-state index in [1.165, 1.54) is 12.5 Å². The van der Waals surface area contributed by atoms with E-state index in [0.29, 0.717) is 11.7 Å². The summed E-state index contributed by atoms with van der Waals surface area (Å²) in [7, 11) is 0. The number of rotatable bonds is 1. The molecule has 2 unspecified atom stereocenters. The molecular weight excluding hydrogens is 301 g/mol. The van der Waals surface area contributed by atoms with E-state index in [4.69, 9.17) is 11.6 Å². The first-order chi connectivity index (χ1) is 9.86. The molecule has 0 N–H and O–H groups in total. The molecule has 2 heterocycles. The summed E-state index contributed by atoms with van der Waals surface area (Å²) in [6.45, 7) is 5.01. The standard InChI is InChI=1S/C15H18ClF3N2/c1-10-8-20-6-2-3-12(20)9-21(10)14-5-4-11(7-13(14)16)15(17,18)19/h4-5,7,10,12H,2-3,6,8-9H2,1H3. The third-order valence-corrected chi connectivity index (χ3v) is 4.82. The van der Waals surface area contributed by atoms with Crippen LogP contribution >= 0.6 is 11.6 Å². The highest BCUT2D eigenvalue weighted by Gasteiger charge is 2.36. The Morgan fingerprint density at radius 2 is 2.00 bits per heavy atom. The third-order valence-electron chi connectivity index (χ3n) is 4.52. The highest BCUT2D eigenvalue weighted by molar-refractivity contribution is 6.33. The van der Waals surface area contributed by atoms with Crippen LogP contribution in [0.3, 0.4) is 0 Å². The van der Waals surface area contributed by atoms with Gasteiger partial charge in [-0.15, -0.1) is 0 Å². The van der Waals surface area contributed by atoms with Crippen molar-refractivity contribution in [3.8, 4) is 0 Å². The second-order valence-electron chi connectivity index (χ2n) is 5.96.